The molecule has 1 aromatic carbocycles. The molecule has 0 radical (unpaired) electrons. The molecule has 0 bridgehead atoms. The first-order valence-corrected chi connectivity index (χ1v) is 8.02. The minimum Gasteiger partial charge on any atom is -0.355 e. The van der Waals surface area contributed by atoms with Gasteiger partial charge in [-0.05, 0) is 50.5 Å². The zero-order chi connectivity index (χ0) is 16.1. The largest absolute Gasteiger partial charge is 0.355 e. The normalized spacial score (nSPS) is 12.8. The lowest BCUT2D eigenvalue weighted by atomic mass is 10.1. The Kier molecular flexibility index (Phi) is 5.61. The first-order chi connectivity index (χ1) is 10.5. The average Bonchev–Trinajstić information content (AvgIpc) is 2.89. The van der Waals surface area contributed by atoms with E-state index in [-0.39, 0.29) is 5.91 Å². The number of rotatable bonds is 7. The van der Waals surface area contributed by atoms with Crippen LogP contribution in [0.15, 0.2) is 30.5 Å². The van der Waals surface area contributed by atoms with Gasteiger partial charge in [0.2, 0.25) is 5.91 Å². The minimum atomic E-state index is 0.0860. The van der Waals surface area contributed by atoms with Gasteiger partial charge in [0, 0.05) is 30.8 Å². The number of carbonyl (C=O) groups is 1. The highest BCUT2D eigenvalue weighted by Gasteiger charge is 2.09. The van der Waals surface area contributed by atoms with Crippen LogP contribution in [0.4, 0.5) is 0 Å². The molecule has 4 heteroatoms. The van der Waals surface area contributed by atoms with Crippen molar-refractivity contribution < 1.29 is 4.79 Å². The summed E-state index contributed by atoms with van der Waals surface area (Å²) in [5.41, 5.74) is 2.28. The fraction of sp³-hybridized carbons (Fsp3) is 0.500. The number of carbonyl (C=O) groups excluding carboxylic acids is 1. The molecule has 1 N–H and O–H groups in total. The van der Waals surface area contributed by atoms with Crippen LogP contribution in [-0.4, -0.2) is 42.6 Å². The first kappa shape index (κ1) is 16.6. The van der Waals surface area contributed by atoms with E-state index in [1.807, 2.05) is 14.1 Å². The second-order valence-corrected chi connectivity index (χ2v) is 6.20. The van der Waals surface area contributed by atoms with Crippen LogP contribution >= 0.6 is 0 Å². The summed E-state index contributed by atoms with van der Waals surface area (Å²) in [6, 6.07) is 8.92. The molecule has 0 aliphatic rings. The van der Waals surface area contributed by atoms with Crippen LogP contribution in [0.2, 0.25) is 0 Å². The SMILES string of the molecule is CCC(C)n1ccc2ccc(CC(=O)NCCN(C)C)cc21. The van der Waals surface area contributed by atoms with E-state index < -0.39 is 0 Å². The van der Waals surface area contributed by atoms with E-state index in [2.05, 4.69) is 59.1 Å². The number of nitrogens with zero attached hydrogens (tertiary/aromatic N) is 2. The minimum absolute atomic E-state index is 0.0860. The standard InChI is InChI=1S/C18H27N3O/c1-5-14(2)21-10-8-16-7-6-15(12-17(16)21)13-18(22)19-9-11-20(3)4/h6-8,10,12,14H,5,9,11,13H2,1-4H3,(H,19,22). The van der Waals surface area contributed by atoms with Gasteiger partial charge in [-0.25, -0.2) is 0 Å². The third-order valence-electron chi connectivity index (χ3n) is 4.10. The smallest absolute Gasteiger partial charge is 0.224 e. The summed E-state index contributed by atoms with van der Waals surface area (Å²) in [6.45, 7) is 5.97. The van der Waals surface area contributed by atoms with Gasteiger partial charge < -0.3 is 14.8 Å². The summed E-state index contributed by atoms with van der Waals surface area (Å²) in [5.74, 6) is 0.0860. The summed E-state index contributed by atoms with van der Waals surface area (Å²) in [4.78, 5) is 14.1. The van der Waals surface area contributed by atoms with Gasteiger partial charge in [-0.2, -0.15) is 0 Å². The van der Waals surface area contributed by atoms with Crippen LogP contribution in [0.1, 0.15) is 31.9 Å². The molecular formula is C18H27N3O. The Hall–Kier alpha value is -1.81. The summed E-state index contributed by atoms with van der Waals surface area (Å²) in [5, 5.41) is 4.20. The van der Waals surface area contributed by atoms with Crippen molar-refractivity contribution in [1.82, 2.24) is 14.8 Å². The number of hydrogen-bond donors (Lipinski definition) is 1. The van der Waals surface area contributed by atoms with Crippen molar-refractivity contribution in [2.75, 3.05) is 27.2 Å². The quantitative estimate of drug-likeness (QED) is 0.854. The molecule has 0 saturated heterocycles. The first-order valence-electron chi connectivity index (χ1n) is 8.02. The number of likely N-dealkylation sites (N-methyl/N-ethyl adjacent to an activating group) is 1. The lowest BCUT2D eigenvalue weighted by molar-refractivity contribution is -0.120. The molecule has 1 unspecified atom stereocenters. The molecule has 4 nitrogen and oxygen atoms in total. The Bertz CT molecular complexity index is 630. The van der Waals surface area contributed by atoms with Crippen molar-refractivity contribution in [2.45, 2.75) is 32.7 Å². The van der Waals surface area contributed by atoms with E-state index in [9.17, 15) is 4.79 Å². The predicted molar refractivity (Wildman–Crippen MR) is 92.2 cm³/mol. The second kappa shape index (κ2) is 7.45. The number of benzene rings is 1. The number of nitrogens with one attached hydrogen (secondary N) is 1. The van der Waals surface area contributed by atoms with E-state index in [0.29, 0.717) is 19.0 Å². The summed E-state index contributed by atoms with van der Waals surface area (Å²) in [7, 11) is 4.01. The van der Waals surface area contributed by atoms with E-state index in [4.69, 9.17) is 0 Å². The molecule has 0 aliphatic carbocycles. The molecule has 2 rings (SSSR count). The Morgan fingerprint density at radius 2 is 2.09 bits per heavy atom. The lowest BCUT2D eigenvalue weighted by Gasteiger charge is -2.13. The van der Waals surface area contributed by atoms with Gasteiger partial charge in [-0.1, -0.05) is 19.1 Å². The van der Waals surface area contributed by atoms with Crippen molar-refractivity contribution in [2.24, 2.45) is 0 Å². The molecular weight excluding hydrogens is 274 g/mol. The highest BCUT2D eigenvalue weighted by molar-refractivity contribution is 5.84. The zero-order valence-electron chi connectivity index (χ0n) is 14.1. The number of amides is 1. The molecule has 2 aromatic rings. The highest BCUT2D eigenvalue weighted by atomic mass is 16.1. The predicted octanol–water partition coefficient (Wildman–Crippen LogP) is 2.83. The van der Waals surface area contributed by atoms with Crippen molar-refractivity contribution in [3.05, 3.63) is 36.0 Å². The fourth-order valence-electron chi connectivity index (χ4n) is 2.55. The van der Waals surface area contributed by atoms with E-state index in [0.717, 1.165) is 18.5 Å². The van der Waals surface area contributed by atoms with Crippen LogP contribution in [0, 0.1) is 0 Å². The summed E-state index contributed by atoms with van der Waals surface area (Å²) in [6.07, 6.45) is 3.67. The maximum absolute atomic E-state index is 12.0. The zero-order valence-corrected chi connectivity index (χ0v) is 14.1. The van der Waals surface area contributed by atoms with Crippen LogP contribution in [-0.2, 0) is 11.2 Å². The Morgan fingerprint density at radius 1 is 1.32 bits per heavy atom. The topological polar surface area (TPSA) is 37.3 Å². The summed E-state index contributed by atoms with van der Waals surface area (Å²) < 4.78 is 2.29. The molecule has 0 saturated carbocycles. The van der Waals surface area contributed by atoms with Crippen LogP contribution in [0.5, 0.6) is 0 Å². The van der Waals surface area contributed by atoms with Gasteiger partial charge in [-0.15, -0.1) is 0 Å². The van der Waals surface area contributed by atoms with Crippen LogP contribution in [0.3, 0.4) is 0 Å². The molecule has 1 amide bonds. The van der Waals surface area contributed by atoms with E-state index >= 15 is 0 Å². The summed E-state index contributed by atoms with van der Waals surface area (Å²) >= 11 is 0. The molecule has 120 valence electrons. The molecule has 0 spiro atoms. The van der Waals surface area contributed by atoms with Crippen LogP contribution in [0.25, 0.3) is 10.9 Å². The van der Waals surface area contributed by atoms with E-state index in [1.165, 1.54) is 10.9 Å². The number of fused-ring (bicyclic) bond motifs is 1. The third kappa shape index (κ3) is 4.10. The van der Waals surface area contributed by atoms with Gasteiger partial charge in [0.15, 0.2) is 0 Å². The van der Waals surface area contributed by atoms with Crippen LogP contribution < -0.4 is 5.32 Å². The maximum Gasteiger partial charge on any atom is 0.224 e. The molecule has 22 heavy (non-hydrogen) atoms. The fourth-order valence-corrected chi connectivity index (χ4v) is 2.55. The maximum atomic E-state index is 12.0. The van der Waals surface area contributed by atoms with Gasteiger partial charge in [0.1, 0.15) is 0 Å². The molecule has 1 heterocycles. The van der Waals surface area contributed by atoms with Gasteiger partial charge in [0.05, 0.1) is 6.42 Å². The number of hydrogen-bond acceptors (Lipinski definition) is 2. The van der Waals surface area contributed by atoms with Gasteiger partial charge in [-0.3, -0.25) is 4.79 Å². The van der Waals surface area contributed by atoms with Gasteiger partial charge in [0.25, 0.3) is 0 Å². The molecule has 1 atom stereocenters. The monoisotopic (exact) mass is 301 g/mol. The molecule has 0 aliphatic heterocycles. The van der Waals surface area contributed by atoms with Crippen molar-refractivity contribution >= 4 is 16.8 Å². The van der Waals surface area contributed by atoms with Gasteiger partial charge >= 0.3 is 0 Å². The van der Waals surface area contributed by atoms with E-state index in [1.54, 1.807) is 0 Å². The number of aromatic nitrogens is 1. The molecule has 1 aromatic heterocycles. The Morgan fingerprint density at radius 3 is 2.77 bits per heavy atom. The highest BCUT2D eigenvalue weighted by Crippen LogP contribution is 2.23. The average molecular weight is 301 g/mol. The van der Waals surface area contributed by atoms with Crippen molar-refractivity contribution in [1.29, 1.82) is 0 Å². The van der Waals surface area contributed by atoms with Crippen molar-refractivity contribution in [3.8, 4) is 0 Å². The third-order valence-corrected chi connectivity index (χ3v) is 4.10. The molecule has 0 fully saturated rings. The second-order valence-electron chi connectivity index (χ2n) is 6.20. The lowest BCUT2D eigenvalue weighted by Crippen LogP contribution is -2.32. The van der Waals surface area contributed by atoms with Crippen molar-refractivity contribution in [3.63, 3.8) is 0 Å². The Balaban J connectivity index is 2.07. The Labute approximate surface area is 133 Å².